The first kappa shape index (κ1) is 11.2. The first-order chi connectivity index (χ1) is 8.34. The molecule has 0 radical (unpaired) electrons. The van der Waals surface area contributed by atoms with Crippen LogP contribution >= 0.6 is 27.3 Å². The minimum absolute atomic E-state index is 1.06. The van der Waals surface area contributed by atoms with Gasteiger partial charge in [0.25, 0.3) is 0 Å². The van der Waals surface area contributed by atoms with Gasteiger partial charge in [-0.3, -0.25) is 0 Å². The van der Waals surface area contributed by atoms with Gasteiger partial charge >= 0.3 is 0 Å². The maximum Gasteiger partial charge on any atom is 0.0811 e. The number of thiazole rings is 1. The molecule has 1 fully saturated rings. The van der Waals surface area contributed by atoms with Crippen molar-refractivity contribution in [3.8, 4) is 11.3 Å². The third kappa shape index (κ3) is 2.24. The van der Waals surface area contributed by atoms with Crippen LogP contribution in [-0.4, -0.2) is 18.1 Å². The fraction of sp³-hybridized carbons (Fsp3) is 0.308. The molecule has 1 aliphatic rings. The van der Waals surface area contributed by atoms with Crippen LogP contribution in [0, 0.1) is 0 Å². The Morgan fingerprint density at radius 3 is 2.71 bits per heavy atom. The fourth-order valence-electron chi connectivity index (χ4n) is 2.24. The van der Waals surface area contributed by atoms with Crippen molar-refractivity contribution in [3.63, 3.8) is 0 Å². The average molecular weight is 309 g/mol. The van der Waals surface area contributed by atoms with Gasteiger partial charge in [0.05, 0.1) is 16.9 Å². The second-order valence-corrected chi connectivity index (χ2v) is 5.81. The van der Waals surface area contributed by atoms with Gasteiger partial charge < -0.3 is 4.90 Å². The van der Waals surface area contributed by atoms with E-state index in [0.717, 1.165) is 5.69 Å². The molecule has 0 atom stereocenters. The lowest BCUT2D eigenvalue weighted by atomic mass is 10.1. The highest BCUT2D eigenvalue weighted by atomic mass is 79.9. The zero-order valence-electron chi connectivity index (χ0n) is 9.40. The zero-order valence-corrected chi connectivity index (χ0v) is 11.8. The lowest BCUT2D eigenvalue weighted by molar-refractivity contribution is 0.949. The van der Waals surface area contributed by atoms with Crippen LogP contribution in [0.1, 0.15) is 12.8 Å². The van der Waals surface area contributed by atoms with E-state index in [4.69, 9.17) is 0 Å². The zero-order chi connectivity index (χ0) is 11.7. The van der Waals surface area contributed by atoms with Crippen molar-refractivity contribution < 1.29 is 0 Å². The minimum Gasteiger partial charge on any atom is -0.371 e. The van der Waals surface area contributed by atoms with Gasteiger partial charge in [-0.2, -0.15) is 0 Å². The summed E-state index contributed by atoms with van der Waals surface area (Å²) in [6.45, 7) is 2.35. The normalized spacial score (nSPS) is 15.5. The van der Waals surface area contributed by atoms with Gasteiger partial charge in [-0.1, -0.05) is 6.07 Å². The molecule has 0 unspecified atom stereocenters. The van der Waals surface area contributed by atoms with Gasteiger partial charge in [0.2, 0.25) is 0 Å². The molecule has 1 aromatic heterocycles. The predicted molar refractivity (Wildman–Crippen MR) is 76.7 cm³/mol. The topological polar surface area (TPSA) is 16.1 Å². The monoisotopic (exact) mass is 308 g/mol. The summed E-state index contributed by atoms with van der Waals surface area (Å²) >= 11 is 5.31. The molecule has 0 aliphatic carbocycles. The number of benzene rings is 1. The Bertz CT molecular complexity index is 504. The highest BCUT2D eigenvalue weighted by Gasteiger charge is 2.15. The maximum atomic E-state index is 4.34. The lowest BCUT2D eigenvalue weighted by Crippen LogP contribution is -2.17. The SMILES string of the molecule is Brc1cc(-c2cscn2)ccc1N1CCCC1. The predicted octanol–water partition coefficient (Wildman–Crippen LogP) is 4.17. The Labute approximate surface area is 113 Å². The van der Waals surface area contributed by atoms with Gasteiger partial charge in [-0.05, 0) is 40.9 Å². The van der Waals surface area contributed by atoms with E-state index in [0.29, 0.717) is 0 Å². The Morgan fingerprint density at radius 1 is 1.24 bits per heavy atom. The smallest absolute Gasteiger partial charge is 0.0811 e. The van der Waals surface area contributed by atoms with Gasteiger partial charge in [-0.25, -0.2) is 4.98 Å². The van der Waals surface area contributed by atoms with E-state index >= 15 is 0 Å². The van der Waals surface area contributed by atoms with Crippen molar-refractivity contribution >= 4 is 33.0 Å². The Balaban J connectivity index is 1.94. The molecular weight excluding hydrogens is 296 g/mol. The van der Waals surface area contributed by atoms with Crippen LogP contribution < -0.4 is 4.90 Å². The van der Waals surface area contributed by atoms with E-state index < -0.39 is 0 Å². The molecule has 1 aromatic carbocycles. The third-order valence-electron chi connectivity index (χ3n) is 3.12. The second kappa shape index (κ2) is 4.78. The van der Waals surface area contributed by atoms with E-state index in [9.17, 15) is 0 Å². The molecule has 0 bridgehead atoms. The summed E-state index contributed by atoms with van der Waals surface area (Å²) < 4.78 is 1.17. The largest absolute Gasteiger partial charge is 0.371 e. The van der Waals surface area contributed by atoms with Gasteiger partial charge in [0, 0.05) is 28.5 Å². The van der Waals surface area contributed by atoms with Crippen LogP contribution in [-0.2, 0) is 0 Å². The molecule has 2 aromatic rings. The number of nitrogens with zero attached hydrogens (tertiary/aromatic N) is 2. The summed E-state index contributed by atoms with van der Waals surface area (Å²) in [6.07, 6.45) is 2.61. The maximum absolute atomic E-state index is 4.34. The van der Waals surface area contributed by atoms with Crippen LogP contribution in [0.15, 0.2) is 33.6 Å². The summed E-state index contributed by atoms with van der Waals surface area (Å²) in [6, 6.07) is 6.53. The van der Waals surface area contributed by atoms with E-state index in [2.05, 4.69) is 49.4 Å². The highest BCUT2D eigenvalue weighted by Crippen LogP contribution is 2.32. The summed E-state index contributed by atoms with van der Waals surface area (Å²) in [7, 11) is 0. The van der Waals surface area contributed by atoms with Crippen LogP contribution in [0.25, 0.3) is 11.3 Å². The molecular formula is C13H13BrN2S. The summed E-state index contributed by atoms with van der Waals surface area (Å²) in [5.41, 5.74) is 5.42. The molecule has 0 spiro atoms. The van der Waals surface area contributed by atoms with E-state index in [1.165, 1.54) is 41.7 Å². The molecule has 2 heterocycles. The number of aromatic nitrogens is 1. The number of rotatable bonds is 2. The minimum atomic E-state index is 1.06. The van der Waals surface area contributed by atoms with Crippen molar-refractivity contribution in [1.29, 1.82) is 0 Å². The molecule has 0 saturated carbocycles. The molecule has 88 valence electrons. The van der Waals surface area contributed by atoms with E-state index in [-0.39, 0.29) is 0 Å². The summed E-state index contributed by atoms with van der Waals surface area (Å²) in [5, 5.41) is 2.08. The molecule has 1 saturated heterocycles. The van der Waals surface area contributed by atoms with Crippen molar-refractivity contribution in [2.24, 2.45) is 0 Å². The molecule has 2 nitrogen and oxygen atoms in total. The highest BCUT2D eigenvalue weighted by molar-refractivity contribution is 9.10. The van der Waals surface area contributed by atoms with Crippen molar-refractivity contribution in [3.05, 3.63) is 33.6 Å². The van der Waals surface area contributed by atoms with Crippen LogP contribution in [0.5, 0.6) is 0 Å². The first-order valence-electron chi connectivity index (χ1n) is 5.77. The quantitative estimate of drug-likeness (QED) is 0.827. The van der Waals surface area contributed by atoms with Gasteiger partial charge in [0.1, 0.15) is 0 Å². The summed E-state index contributed by atoms with van der Waals surface area (Å²) in [5.74, 6) is 0. The lowest BCUT2D eigenvalue weighted by Gasteiger charge is -2.19. The Kier molecular flexibility index (Phi) is 3.16. The number of halogens is 1. The molecule has 1 aliphatic heterocycles. The fourth-order valence-corrected chi connectivity index (χ4v) is 3.43. The van der Waals surface area contributed by atoms with Gasteiger partial charge in [-0.15, -0.1) is 11.3 Å². The number of hydrogen-bond donors (Lipinski definition) is 0. The van der Waals surface area contributed by atoms with Crippen LogP contribution in [0.3, 0.4) is 0 Å². The van der Waals surface area contributed by atoms with E-state index in [1.807, 2.05) is 5.51 Å². The van der Waals surface area contributed by atoms with Crippen molar-refractivity contribution in [1.82, 2.24) is 4.98 Å². The van der Waals surface area contributed by atoms with Crippen molar-refractivity contribution in [2.75, 3.05) is 18.0 Å². The Hall–Kier alpha value is -0.870. The van der Waals surface area contributed by atoms with E-state index in [1.54, 1.807) is 11.3 Å². The Morgan fingerprint density at radius 2 is 2.06 bits per heavy atom. The van der Waals surface area contributed by atoms with Crippen LogP contribution in [0.4, 0.5) is 5.69 Å². The number of hydrogen-bond acceptors (Lipinski definition) is 3. The standard InChI is InChI=1S/C13H13BrN2S/c14-11-7-10(12-8-17-9-15-12)3-4-13(11)16-5-1-2-6-16/h3-4,7-9H,1-2,5-6H2. The molecule has 17 heavy (non-hydrogen) atoms. The molecule has 3 rings (SSSR count). The molecule has 4 heteroatoms. The molecule has 0 amide bonds. The number of anilines is 1. The third-order valence-corrected chi connectivity index (χ3v) is 4.34. The first-order valence-corrected chi connectivity index (χ1v) is 7.51. The van der Waals surface area contributed by atoms with Crippen molar-refractivity contribution in [2.45, 2.75) is 12.8 Å². The average Bonchev–Trinajstić information content (AvgIpc) is 3.02. The molecule has 0 N–H and O–H groups in total. The second-order valence-electron chi connectivity index (χ2n) is 4.23. The van der Waals surface area contributed by atoms with Crippen LogP contribution in [0.2, 0.25) is 0 Å². The van der Waals surface area contributed by atoms with Gasteiger partial charge in [0.15, 0.2) is 0 Å². The summed E-state index contributed by atoms with van der Waals surface area (Å²) in [4.78, 5) is 6.78.